The van der Waals surface area contributed by atoms with Gasteiger partial charge < -0.3 is 14.9 Å². The Labute approximate surface area is 266 Å². The smallest absolute Gasteiger partial charge is 0.354 e. The van der Waals surface area contributed by atoms with Crippen molar-refractivity contribution in [3.63, 3.8) is 0 Å². The largest absolute Gasteiger partial charge is 0.507 e. The molecule has 0 radical (unpaired) electrons. The van der Waals surface area contributed by atoms with E-state index in [-0.39, 0.29) is 51.8 Å². The maximum absolute atomic E-state index is 16.9. The van der Waals surface area contributed by atoms with Gasteiger partial charge in [-0.05, 0) is 49.6 Å². The number of hydrogen-bond acceptors (Lipinski definition) is 7. The van der Waals surface area contributed by atoms with Crippen LogP contribution in [0.25, 0.3) is 27.7 Å². The van der Waals surface area contributed by atoms with Crippen LogP contribution in [0.3, 0.4) is 0 Å². The van der Waals surface area contributed by atoms with E-state index in [0.717, 1.165) is 23.9 Å². The highest BCUT2D eigenvalue weighted by molar-refractivity contribution is 7.99. The summed E-state index contributed by atoms with van der Waals surface area (Å²) in [6.45, 7) is 11.6. The average molecular weight is 656 g/mol. The minimum absolute atomic E-state index is 0.000418. The Morgan fingerprint density at radius 2 is 1.91 bits per heavy atom. The van der Waals surface area contributed by atoms with Gasteiger partial charge in [-0.2, -0.15) is 4.98 Å². The molecule has 2 aromatic heterocycles. The Morgan fingerprint density at radius 3 is 2.60 bits per heavy atom. The Balaban J connectivity index is 1.79. The number of pyridine rings is 1. The first-order valence-electron chi connectivity index (χ1n) is 14.3. The first kappa shape index (κ1) is 31.0. The van der Waals surface area contributed by atoms with Crippen LogP contribution >= 0.6 is 23.4 Å². The van der Waals surface area contributed by atoms with Crippen LogP contribution in [0.2, 0.25) is 5.02 Å². The first-order chi connectivity index (χ1) is 21.4. The summed E-state index contributed by atoms with van der Waals surface area (Å²) in [5.41, 5.74) is -0.501. The highest BCUT2D eigenvalue weighted by Gasteiger charge is 2.41. The number of aryl methyl sites for hydroxylation is 1. The third-order valence-electron chi connectivity index (χ3n) is 8.33. The third-order valence-corrected chi connectivity index (χ3v) is 9.92. The molecule has 0 bridgehead atoms. The van der Waals surface area contributed by atoms with Gasteiger partial charge in [0, 0.05) is 36.6 Å². The number of benzene rings is 2. The number of halogens is 4. The maximum atomic E-state index is 16.9. The van der Waals surface area contributed by atoms with E-state index < -0.39 is 51.1 Å². The number of carbonyl (C=O) groups excluding carboxylic acids is 1. The molecule has 1 saturated heterocycles. The van der Waals surface area contributed by atoms with Crippen LogP contribution in [-0.2, 0) is 4.79 Å². The van der Waals surface area contributed by atoms with Gasteiger partial charge in [-0.3, -0.25) is 14.3 Å². The van der Waals surface area contributed by atoms with Crippen molar-refractivity contribution in [3.8, 4) is 22.6 Å². The Bertz CT molecular complexity index is 1980. The van der Waals surface area contributed by atoms with E-state index in [1.165, 1.54) is 10.6 Å². The third kappa shape index (κ3) is 4.77. The molecule has 234 valence electrons. The summed E-state index contributed by atoms with van der Waals surface area (Å²) < 4.78 is 48.0. The zero-order valence-electron chi connectivity index (χ0n) is 24.9. The standard InChI is InChI=1S/C32H29ClF3N5O3S/c1-6-20(43)39-11-16(5)40-17(12-39)13-45-30-23-29(24(33)22(26(30)36)21-19(42)8-7-18(34)25(21)35)41(32(44)38-31(23)40)28-15(4)9-10-37-27(28)14(2)3/h6-10,14,16-17,42H,1,11-13H2,2-5H3. The quantitative estimate of drug-likeness (QED) is 0.256. The number of piperazine rings is 1. The highest BCUT2D eigenvalue weighted by atomic mass is 35.5. The van der Waals surface area contributed by atoms with Crippen LogP contribution in [0.5, 0.6) is 5.75 Å². The Morgan fingerprint density at radius 1 is 1.18 bits per heavy atom. The van der Waals surface area contributed by atoms with Gasteiger partial charge in [-0.15, -0.1) is 11.8 Å². The summed E-state index contributed by atoms with van der Waals surface area (Å²) in [7, 11) is 0. The first-order valence-corrected chi connectivity index (χ1v) is 15.7. The van der Waals surface area contributed by atoms with Gasteiger partial charge in [-0.1, -0.05) is 32.0 Å². The molecular weight excluding hydrogens is 627 g/mol. The summed E-state index contributed by atoms with van der Waals surface area (Å²) in [4.78, 5) is 39.4. The molecule has 2 aliphatic heterocycles. The second-order valence-electron chi connectivity index (χ2n) is 11.5. The van der Waals surface area contributed by atoms with Crippen molar-refractivity contribution in [1.82, 2.24) is 19.4 Å². The average Bonchev–Trinajstić information content (AvgIpc) is 3.16. The minimum Gasteiger partial charge on any atom is -0.507 e. The van der Waals surface area contributed by atoms with E-state index in [2.05, 4.69) is 16.5 Å². The lowest BCUT2D eigenvalue weighted by atomic mass is 9.98. The van der Waals surface area contributed by atoms with E-state index in [1.807, 2.05) is 25.7 Å². The number of nitrogens with zero attached hydrogens (tertiary/aromatic N) is 5. The van der Waals surface area contributed by atoms with Crippen LogP contribution in [-0.4, -0.2) is 61.4 Å². The van der Waals surface area contributed by atoms with Crippen molar-refractivity contribution >= 4 is 46.0 Å². The van der Waals surface area contributed by atoms with Gasteiger partial charge in [0.15, 0.2) is 11.6 Å². The predicted molar refractivity (Wildman–Crippen MR) is 169 cm³/mol. The van der Waals surface area contributed by atoms with Crippen LogP contribution in [0.4, 0.5) is 19.0 Å². The summed E-state index contributed by atoms with van der Waals surface area (Å²) in [6.07, 6.45) is 2.84. The number of aromatic hydroxyl groups is 1. The molecule has 2 aliphatic rings. The molecule has 0 saturated carbocycles. The molecule has 6 rings (SSSR count). The van der Waals surface area contributed by atoms with Gasteiger partial charge in [-0.25, -0.2) is 18.0 Å². The number of hydrogen-bond donors (Lipinski definition) is 1. The Hall–Kier alpha value is -4.03. The number of carbonyl (C=O) groups is 1. The molecule has 8 nitrogen and oxygen atoms in total. The van der Waals surface area contributed by atoms with Crippen molar-refractivity contribution in [3.05, 3.63) is 81.3 Å². The lowest BCUT2D eigenvalue weighted by molar-refractivity contribution is -0.127. The van der Waals surface area contributed by atoms with Gasteiger partial charge in [0.05, 0.1) is 43.8 Å². The van der Waals surface area contributed by atoms with E-state index in [4.69, 9.17) is 11.6 Å². The fourth-order valence-electron chi connectivity index (χ4n) is 6.36. The van der Waals surface area contributed by atoms with Gasteiger partial charge in [0.2, 0.25) is 5.91 Å². The van der Waals surface area contributed by atoms with E-state index >= 15 is 8.78 Å². The molecular formula is C32H29ClF3N5O3S. The monoisotopic (exact) mass is 655 g/mol. The van der Waals surface area contributed by atoms with Crippen LogP contribution in [0.1, 0.15) is 37.9 Å². The zero-order chi connectivity index (χ0) is 32.5. The fourth-order valence-corrected chi connectivity index (χ4v) is 7.91. The van der Waals surface area contributed by atoms with E-state index in [1.54, 1.807) is 24.1 Å². The molecule has 4 aromatic rings. The molecule has 2 aromatic carbocycles. The number of anilines is 1. The number of fused-ring (bicyclic) bond motifs is 2. The SMILES string of the molecule is C=CC(=O)N1CC(C)N2c3nc(=O)n(-c4c(C)ccnc4C(C)C)c4c(Cl)c(-c5c(O)ccc(F)c5F)c(F)c(c34)SCC2C1. The van der Waals surface area contributed by atoms with Crippen molar-refractivity contribution in [1.29, 1.82) is 0 Å². The lowest BCUT2D eigenvalue weighted by Gasteiger charge is -2.45. The summed E-state index contributed by atoms with van der Waals surface area (Å²) >= 11 is 8.11. The number of phenols is 1. The molecule has 4 heterocycles. The number of thioether (sulfide) groups is 1. The van der Waals surface area contributed by atoms with Crippen molar-refractivity contribution in [2.75, 3.05) is 23.7 Å². The molecule has 45 heavy (non-hydrogen) atoms. The van der Waals surface area contributed by atoms with E-state index in [0.29, 0.717) is 23.5 Å². The summed E-state index contributed by atoms with van der Waals surface area (Å²) in [5, 5.41) is 10.5. The van der Waals surface area contributed by atoms with Crippen LogP contribution in [0, 0.1) is 24.4 Å². The van der Waals surface area contributed by atoms with E-state index in [9.17, 15) is 19.1 Å². The molecule has 1 N–H and O–H groups in total. The highest BCUT2D eigenvalue weighted by Crippen LogP contribution is 2.51. The molecule has 0 aliphatic carbocycles. The predicted octanol–water partition coefficient (Wildman–Crippen LogP) is 6.35. The number of rotatable bonds is 4. The molecule has 1 fully saturated rings. The molecule has 0 spiro atoms. The lowest BCUT2D eigenvalue weighted by Crippen LogP contribution is -2.60. The van der Waals surface area contributed by atoms with Crippen molar-refractivity contribution < 1.29 is 23.1 Å². The molecule has 2 atom stereocenters. The molecule has 2 unspecified atom stereocenters. The normalized spacial score (nSPS) is 17.9. The Kier molecular flexibility index (Phi) is 7.85. The minimum atomic E-state index is -1.49. The van der Waals surface area contributed by atoms with Gasteiger partial charge in [0.25, 0.3) is 0 Å². The topological polar surface area (TPSA) is 91.6 Å². The second-order valence-corrected chi connectivity index (χ2v) is 13.0. The summed E-state index contributed by atoms with van der Waals surface area (Å²) in [6, 6.07) is 2.62. The van der Waals surface area contributed by atoms with Crippen molar-refractivity contribution in [2.24, 2.45) is 0 Å². The van der Waals surface area contributed by atoms with Crippen LogP contribution < -0.4 is 10.6 Å². The van der Waals surface area contributed by atoms with Crippen LogP contribution in [0.15, 0.2) is 46.7 Å². The number of phenolic OH excluding ortho intramolecular Hbond substituents is 1. The molecule has 13 heteroatoms. The fraction of sp³-hybridized carbons (Fsp3) is 0.312. The molecule has 1 amide bonds. The van der Waals surface area contributed by atoms with Crippen molar-refractivity contribution in [2.45, 2.75) is 50.6 Å². The van der Waals surface area contributed by atoms with Gasteiger partial charge >= 0.3 is 5.69 Å². The number of aromatic nitrogens is 3. The zero-order valence-corrected chi connectivity index (χ0v) is 26.4. The van der Waals surface area contributed by atoms with Gasteiger partial charge in [0.1, 0.15) is 17.4 Å². The summed E-state index contributed by atoms with van der Waals surface area (Å²) in [5.74, 6) is -4.53. The second kappa shape index (κ2) is 11.4. The maximum Gasteiger partial charge on any atom is 0.354 e. The number of amides is 1.